The zero-order chi connectivity index (χ0) is 24.1. The van der Waals surface area contributed by atoms with Crippen LogP contribution in [0.1, 0.15) is 34.5 Å². The van der Waals surface area contributed by atoms with Crippen molar-refractivity contribution in [3.05, 3.63) is 105 Å². The lowest BCUT2D eigenvalue weighted by molar-refractivity contribution is 0.199. The highest BCUT2D eigenvalue weighted by Gasteiger charge is 2.32. The first-order chi connectivity index (χ1) is 14.9. The highest BCUT2D eigenvalue weighted by Crippen LogP contribution is 2.34. The molecule has 2 nitrogen and oxygen atoms in total. The van der Waals surface area contributed by atoms with E-state index >= 15 is 0 Å². The van der Waals surface area contributed by atoms with E-state index in [4.69, 9.17) is 0 Å². The number of benzene rings is 3. The molecule has 0 amide bonds. The molecule has 0 saturated carbocycles. The number of halogens is 10. The van der Waals surface area contributed by atoms with Crippen LogP contribution >= 0.6 is 0 Å². The Morgan fingerprint density at radius 1 is 0.375 bits per heavy atom. The third-order valence-corrected chi connectivity index (χ3v) is 4.60. The van der Waals surface area contributed by atoms with Gasteiger partial charge in [0.25, 0.3) is 0 Å². The maximum absolute atomic E-state index is 13.9. The number of aliphatic hydroxyl groups is 2. The zero-order valence-electron chi connectivity index (χ0n) is 15.1. The van der Waals surface area contributed by atoms with E-state index in [9.17, 15) is 54.1 Å². The highest BCUT2D eigenvalue weighted by atomic mass is 19.2. The molecule has 0 aliphatic carbocycles. The van der Waals surface area contributed by atoms with Gasteiger partial charge in [-0.3, -0.25) is 0 Å². The van der Waals surface area contributed by atoms with Gasteiger partial charge in [-0.05, 0) is 11.1 Å². The molecule has 32 heavy (non-hydrogen) atoms. The van der Waals surface area contributed by atoms with E-state index in [1.54, 1.807) is 0 Å². The Balaban J connectivity index is 2.02. The van der Waals surface area contributed by atoms with Gasteiger partial charge in [-0.2, -0.15) is 0 Å². The van der Waals surface area contributed by atoms with Gasteiger partial charge in [0.2, 0.25) is 11.6 Å². The van der Waals surface area contributed by atoms with Crippen LogP contribution in [-0.2, 0) is 0 Å². The molecule has 12 heteroatoms. The van der Waals surface area contributed by atoms with Crippen molar-refractivity contribution in [2.75, 3.05) is 0 Å². The first-order valence-electron chi connectivity index (χ1n) is 8.38. The Bertz CT molecular complexity index is 1060. The van der Waals surface area contributed by atoms with Gasteiger partial charge in [0.15, 0.2) is 46.5 Å². The number of aliphatic hydroxyl groups excluding tert-OH is 2. The minimum atomic E-state index is -2.45. The molecule has 3 aromatic rings. The van der Waals surface area contributed by atoms with Gasteiger partial charge < -0.3 is 10.2 Å². The van der Waals surface area contributed by atoms with E-state index < -0.39 is 92.6 Å². The van der Waals surface area contributed by atoms with Crippen LogP contribution in [0.3, 0.4) is 0 Å². The van der Waals surface area contributed by atoms with Crippen molar-refractivity contribution in [3.63, 3.8) is 0 Å². The van der Waals surface area contributed by atoms with E-state index in [2.05, 4.69) is 0 Å². The lowest BCUT2D eigenvalue weighted by Gasteiger charge is -2.17. The molecule has 2 unspecified atom stereocenters. The van der Waals surface area contributed by atoms with Gasteiger partial charge in [0.05, 0.1) is 11.1 Å². The van der Waals surface area contributed by atoms with E-state index in [1.807, 2.05) is 0 Å². The monoisotopic (exact) mass is 470 g/mol. The van der Waals surface area contributed by atoms with Crippen LogP contribution in [0.15, 0.2) is 24.3 Å². The standard InChI is InChI=1S/C20H8F10O2/c21-9-7(10(22)14(26)17(29)13(9)25)19(31)5-1-2-6(4-3-5)20(32)8-11(23)15(27)18(30)16(28)12(8)24/h1-4,19-20,31-32H. The van der Waals surface area contributed by atoms with Crippen LogP contribution in [0, 0.1) is 58.2 Å². The summed E-state index contributed by atoms with van der Waals surface area (Å²) < 4.78 is 135. The van der Waals surface area contributed by atoms with E-state index in [0.29, 0.717) is 0 Å². The summed E-state index contributed by atoms with van der Waals surface area (Å²) in [6, 6.07) is 3.08. The van der Waals surface area contributed by atoms with Crippen LogP contribution in [0.2, 0.25) is 0 Å². The molecule has 0 spiro atoms. The molecule has 0 radical (unpaired) electrons. The second-order valence-corrected chi connectivity index (χ2v) is 6.44. The molecule has 2 atom stereocenters. The Kier molecular flexibility index (Phi) is 6.20. The fourth-order valence-corrected chi connectivity index (χ4v) is 2.92. The highest BCUT2D eigenvalue weighted by molar-refractivity contribution is 5.38. The molecule has 0 bridgehead atoms. The molecule has 170 valence electrons. The normalized spacial score (nSPS) is 13.4. The average Bonchev–Trinajstić information content (AvgIpc) is 2.79. The minimum Gasteiger partial charge on any atom is -0.383 e. The number of hydrogen-bond donors (Lipinski definition) is 2. The first kappa shape index (κ1) is 23.5. The molecule has 0 aliphatic rings. The van der Waals surface area contributed by atoms with Gasteiger partial charge in [-0.15, -0.1) is 0 Å². The van der Waals surface area contributed by atoms with Gasteiger partial charge in [-0.25, -0.2) is 43.9 Å². The largest absolute Gasteiger partial charge is 0.383 e. The van der Waals surface area contributed by atoms with E-state index in [1.165, 1.54) is 0 Å². The van der Waals surface area contributed by atoms with Gasteiger partial charge in [0.1, 0.15) is 12.2 Å². The predicted octanol–water partition coefficient (Wildman–Crippen LogP) is 5.24. The minimum absolute atomic E-state index is 0.485. The zero-order valence-corrected chi connectivity index (χ0v) is 15.1. The first-order valence-corrected chi connectivity index (χ1v) is 8.38. The summed E-state index contributed by atoms with van der Waals surface area (Å²) in [4.78, 5) is 0. The van der Waals surface area contributed by atoms with Crippen LogP contribution in [0.4, 0.5) is 43.9 Å². The summed E-state index contributed by atoms with van der Waals surface area (Å²) in [6.45, 7) is 0. The Labute approximate surface area is 172 Å². The second-order valence-electron chi connectivity index (χ2n) is 6.44. The van der Waals surface area contributed by atoms with Crippen LogP contribution < -0.4 is 0 Å². The van der Waals surface area contributed by atoms with Crippen LogP contribution in [0.5, 0.6) is 0 Å². The molecule has 0 heterocycles. The summed E-state index contributed by atoms with van der Waals surface area (Å²) in [5, 5.41) is 20.1. The van der Waals surface area contributed by atoms with E-state index in [0.717, 1.165) is 24.3 Å². The Hall–Kier alpha value is -3.12. The van der Waals surface area contributed by atoms with Crippen LogP contribution in [0.25, 0.3) is 0 Å². The topological polar surface area (TPSA) is 40.5 Å². The molecule has 0 saturated heterocycles. The SMILES string of the molecule is OC(c1ccc(C(O)c2c(F)c(F)c(F)c(F)c2F)cc1)c1c(F)c(F)c(F)c(F)c1F. The number of hydrogen-bond acceptors (Lipinski definition) is 2. The molecule has 3 aromatic carbocycles. The maximum atomic E-state index is 13.9. The summed E-state index contributed by atoms with van der Waals surface area (Å²) in [5.74, 6) is -23.4. The van der Waals surface area contributed by atoms with E-state index in [-0.39, 0.29) is 0 Å². The number of rotatable bonds is 4. The summed E-state index contributed by atoms with van der Waals surface area (Å²) in [6.07, 6.45) is -4.81. The third-order valence-electron chi connectivity index (χ3n) is 4.60. The van der Waals surface area contributed by atoms with Crippen molar-refractivity contribution in [1.29, 1.82) is 0 Å². The predicted molar refractivity (Wildman–Crippen MR) is 87.0 cm³/mol. The van der Waals surface area contributed by atoms with Crippen molar-refractivity contribution >= 4 is 0 Å². The van der Waals surface area contributed by atoms with Crippen molar-refractivity contribution in [2.45, 2.75) is 12.2 Å². The molecular formula is C20H8F10O2. The Morgan fingerprint density at radius 3 is 0.781 bits per heavy atom. The van der Waals surface area contributed by atoms with Gasteiger partial charge >= 0.3 is 0 Å². The quantitative estimate of drug-likeness (QED) is 0.311. The second kappa shape index (κ2) is 8.43. The van der Waals surface area contributed by atoms with Gasteiger partial charge in [0, 0.05) is 0 Å². The fraction of sp³-hybridized carbons (Fsp3) is 0.100. The van der Waals surface area contributed by atoms with Crippen molar-refractivity contribution in [2.24, 2.45) is 0 Å². The third kappa shape index (κ3) is 3.58. The van der Waals surface area contributed by atoms with Gasteiger partial charge in [-0.1, -0.05) is 24.3 Å². The van der Waals surface area contributed by atoms with Crippen molar-refractivity contribution < 1.29 is 54.1 Å². The Morgan fingerprint density at radius 2 is 0.562 bits per heavy atom. The summed E-state index contributed by atoms with van der Waals surface area (Å²) in [7, 11) is 0. The average molecular weight is 470 g/mol. The summed E-state index contributed by atoms with van der Waals surface area (Å²) >= 11 is 0. The molecule has 0 aliphatic heterocycles. The maximum Gasteiger partial charge on any atom is 0.200 e. The lowest BCUT2D eigenvalue weighted by Crippen LogP contribution is -2.13. The smallest absolute Gasteiger partial charge is 0.200 e. The van der Waals surface area contributed by atoms with Crippen molar-refractivity contribution in [1.82, 2.24) is 0 Å². The molecule has 0 aromatic heterocycles. The molecule has 2 N–H and O–H groups in total. The molecular weight excluding hydrogens is 462 g/mol. The lowest BCUT2D eigenvalue weighted by atomic mass is 9.95. The van der Waals surface area contributed by atoms with Crippen molar-refractivity contribution in [3.8, 4) is 0 Å². The molecule has 0 fully saturated rings. The van der Waals surface area contributed by atoms with Crippen LogP contribution in [-0.4, -0.2) is 10.2 Å². The molecule has 3 rings (SSSR count). The fourth-order valence-electron chi connectivity index (χ4n) is 2.92. The summed E-state index contributed by atoms with van der Waals surface area (Å²) in [5.41, 5.74) is -4.15.